The van der Waals surface area contributed by atoms with E-state index in [1.807, 2.05) is 91.5 Å². The SMILES string of the molecule is COc1ccc(CNc2c(Cl)cnnc2Cl)cc1.COc1ccc(CNc2c(Cl)cnnc2N2CCOC(C)(C)C2)cc1.COc1ccc(Cn2c(N)c(S(=O)(=O)c3ccccc3F)c3cnnc(N4CCOC(C)(C)C4)c32)cc1.Clc1cnnc(Cl)c1Cl. The molecule has 4 aromatic carbocycles. The van der Waals surface area contributed by atoms with Crippen LogP contribution in [0.4, 0.5) is 33.2 Å². The van der Waals surface area contributed by atoms with Gasteiger partial charge in [0.1, 0.15) is 49.4 Å². The third-order valence-corrected chi connectivity index (χ3v) is 17.5. The van der Waals surface area contributed by atoms with Crippen LogP contribution in [0.3, 0.4) is 0 Å². The topological polar surface area (TPSA) is 245 Å². The largest absolute Gasteiger partial charge is 0.497 e. The van der Waals surface area contributed by atoms with E-state index in [9.17, 15) is 12.8 Å². The lowest BCUT2D eigenvalue weighted by atomic mass is 10.1. The standard InChI is InChI=1S/C26H28FN5O4S.C18H23ClN4O2.C12H11Cl2N3O.C4HCl3N2/c1-26(2)16-31(12-13-36-26)25-22-19(14-29-30-25)23(37(33,34)21-7-5-4-6-20(21)27)24(28)32(22)15-17-8-10-18(35-3)11-9-17;1-18(2)12-23(8-9-25-18)17-16(15(19)11-21-22-17)20-10-13-4-6-14(24-3)7-5-13;1-18-9-4-2-8(3-5-9)6-15-11-10(13)7-16-17-12(11)14;5-2-1-8-9-4(7)3(2)6/h4-11,14H,12-13,15-16,28H2,1-3H3;4-7,11H,8-10,12H2,1-3H3,(H,20,21);2-5,7H,6H2,1H3,(H,15,16);1H. The summed E-state index contributed by atoms with van der Waals surface area (Å²) in [5, 5.41) is 39.9. The number of morpholine rings is 2. The number of halogens is 7. The maximum absolute atomic E-state index is 14.7. The summed E-state index contributed by atoms with van der Waals surface area (Å²) >= 11 is 34.7. The molecule has 0 amide bonds. The van der Waals surface area contributed by atoms with Crippen LogP contribution in [0, 0.1) is 5.82 Å². The first-order valence-corrected chi connectivity index (χ1v) is 31.1. The summed E-state index contributed by atoms with van der Waals surface area (Å²) in [7, 11) is 0.546. The highest BCUT2D eigenvalue weighted by atomic mass is 35.5. The van der Waals surface area contributed by atoms with E-state index in [1.54, 1.807) is 32.1 Å². The fourth-order valence-corrected chi connectivity index (χ4v) is 12.1. The molecule has 4 N–H and O–H groups in total. The Bertz CT molecular complexity index is 3940. The van der Waals surface area contributed by atoms with Crippen molar-refractivity contribution in [1.29, 1.82) is 0 Å². The quantitative estimate of drug-likeness (QED) is 0.0863. The Balaban J connectivity index is 0.000000170. The fraction of sp³-hybridized carbons (Fsp3) is 0.300. The summed E-state index contributed by atoms with van der Waals surface area (Å²) < 4.78 is 71.2. The monoisotopic (exact) mass is 1350 g/mol. The molecule has 89 heavy (non-hydrogen) atoms. The van der Waals surface area contributed by atoms with E-state index in [1.165, 1.54) is 36.8 Å². The molecule has 21 nitrogen and oxygen atoms in total. The molecular weight excluding hydrogens is 1290 g/mol. The van der Waals surface area contributed by atoms with E-state index in [0.717, 1.165) is 58.9 Å². The molecule has 0 aliphatic carbocycles. The molecule has 470 valence electrons. The Morgan fingerprint density at radius 1 is 0.584 bits per heavy atom. The zero-order valence-electron chi connectivity index (χ0n) is 49.3. The molecule has 29 heteroatoms. The number of nitrogens with one attached hydrogen (secondary N) is 2. The zero-order valence-corrected chi connectivity index (χ0v) is 54.7. The Hall–Kier alpha value is -7.32. The number of benzene rings is 4. The van der Waals surface area contributed by atoms with Gasteiger partial charge in [0.2, 0.25) is 9.84 Å². The number of hydrogen-bond acceptors (Lipinski definition) is 20. The summed E-state index contributed by atoms with van der Waals surface area (Å²) in [6.07, 6.45) is 5.71. The highest BCUT2D eigenvalue weighted by Gasteiger charge is 2.35. The first kappa shape index (κ1) is 67.6. The van der Waals surface area contributed by atoms with Crippen molar-refractivity contribution in [2.75, 3.05) is 86.9 Å². The number of ether oxygens (including phenoxy) is 5. The lowest BCUT2D eigenvalue weighted by Crippen LogP contribution is -2.48. The van der Waals surface area contributed by atoms with Gasteiger partial charge in [-0.3, -0.25) is 0 Å². The summed E-state index contributed by atoms with van der Waals surface area (Å²) in [6.45, 7) is 13.3. The summed E-state index contributed by atoms with van der Waals surface area (Å²) in [5.41, 5.74) is 10.9. The van der Waals surface area contributed by atoms with Gasteiger partial charge in [0.15, 0.2) is 21.9 Å². The number of nitrogen functional groups attached to an aromatic ring is 1. The smallest absolute Gasteiger partial charge is 0.213 e. The summed E-state index contributed by atoms with van der Waals surface area (Å²) in [5.74, 6) is 2.73. The van der Waals surface area contributed by atoms with Gasteiger partial charge in [-0.15, -0.1) is 20.4 Å². The molecule has 0 radical (unpaired) electrons. The molecular formula is C60H63Cl6FN14O7S. The van der Waals surface area contributed by atoms with Crippen LogP contribution in [0.2, 0.25) is 30.4 Å². The molecule has 0 atom stereocenters. The predicted octanol–water partition coefficient (Wildman–Crippen LogP) is 12.9. The fourth-order valence-electron chi connectivity index (χ4n) is 9.36. The third kappa shape index (κ3) is 17.3. The highest BCUT2D eigenvalue weighted by molar-refractivity contribution is 7.92. The van der Waals surface area contributed by atoms with Gasteiger partial charge in [0.05, 0.1) is 96.8 Å². The van der Waals surface area contributed by atoms with Crippen LogP contribution < -0.4 is 40.4 Å². The number of anilines is 5. The molecule has 11 rings (SSSR count). The van der Waals surface area contributed by atoms with E-state index in [4.69, 9.17) is 99.0 Å². The molecule has 2 saturated heterocycles. The van der Waals surface area contributed by atoms with E-state index >= 15 is 0 Å². The number of hydrogen-bond donors (Lipinski definition) is 3. The minimum atomic E-state index is -4.33. The van der Waals surface area contributed by atoms with Crippen molar-refractivity contribution < 1.29 is 36.5 Å². The number of sulfone groups is 1. The second kappa shape index (κ2) is 30.5. The van der Waals surface area contributed by atoms with E-state index in [0.29, 0.717) is 77.2 Å². The Morgan fingerprint density at radius 2 is 1.03 bits per heavy atom. The molecule has 0 saturated carbocycles. The first-order valence-electron chi connectivity index (χ1n) is 27.3. The summed E-state index contributed by atoms with van der Waals surface area (Å²) in [4.78, 5) is 3.54. The van der Waals surface area contributed by atoms with Crippen molar-refractivity contribution in [2.45, 2.75) is 68.3 Å². The van der Waals surface area contributed by atoms with E-state index in [-0.39, 0.29) is 43.6 Å². The van der Waals surface area contributed by atoms with Crippen LogP contribution in [-0.2, 0) is 38.9 Å². The van der Waals surface area contributed by atoms with Crippen LogP contribution in [0.15, 0.2) is 132 Å². The van der Waals surface area contributed by atoms with Gasteiger partial charge in [0.25, 0.3) is 0 Å². The maximum atomic E-state index is 14.7. The molecule has 7 heterocycles. The van der Waals surface area contributed by atoms with Gasteiger partial charge >= 0.3 is 0 Å². The molecule has 0 spiro atoms. The van der Waals surface area contributed by atoms with Crippen molar-refractivity contribution in [3.05, 3.63) is 175 Å². The molecule has 0 bridgehead atoms. The van der Waals surface area contributed by atoms with E-state index in [2.05, 4.69) is 70.2 Å². The molecule has 0 unspecified atom stereocenters. The van der Waals surface area contributed by atoms with Crippen LogP contribution in [-0.4, -0.2) is 126 Å². The molecule has 2 aliphatic rings. The molecule has 2 aliphatic heterocycles. The lowest BCUT2D eigenvalue weighted by molar-refractivity contribution is -0.0282. The predicted molar refractivity (Wildman–Crippen MR) is 347 cm³/mol. The van der Waals surface area contributed by atoms with Gasteiger partial charge in [-0.2, -0.15) is 20.4 Å². The minimum absolute atomic E-state index is 0.0161. The zero-order chi connectivity index (χ0) is 64.0. The van der Waals surface area contributed by atoms with E-state index < -0.39 is 26.2 Å². The van der Waals surface area contributed by atoms with Crippen molar-refractivity contribution in [3.8, 4) is 17.2 Å². The second-order valence-corrected chi connectivity index (χ2v) is 25.2. The van der Waals surface area contributed by atoms with Crippen LogP contribution in [0.5, 0.6) is 17.2 Å². The minimum Gasteiger partial charge on any atom is -0.497 e. The Morgan fingerprint density at radius 3 is 1.53 bits per heavy atom. The number of aromatic nitrogens is 9. The average Bonchev–Trinajstić information content (AvgIpc) is 1.60. The lowest BCUT2D eigenvalue weighted by Gasteiger charge is -2.39. The van der Waals surface area contributed by atoms with Gasteiger partial charge in [-0.1, -0.05) is 118 Å². The molecule has 2 fully saturated rings. The molecule has 5 aromatic heterocycles. The summed E-state index contributed by atoms with van der Waals surface area (Å²) in [6, 6.07) is 28.3. The van der Waals surface area contributed by atoms with Crippen molar-refractivity contribution in [2.24, 2.45) is 0 Å². The third-order valence-electron chi connectivity index (χ3n) is 13.7. The molecule has 9 aromatic rings. The normalized spacial score (nSPS) is 14.2. The Kier molecular flexibility index (Phi) is 23.1. The number of nitrogens with zero attached hydrogens (tertiary/aromatic N) is 11. The highest BCUT2D eigenvalue weighted by Crippen LogP contribution is 2.41. The van der Waals surface area contributed by atoms with Crippen LogP contribution in [0.1, 0.15) is 44.4 Å². The van der Waals surface area contributed by atoms with Crippen LogP contribution >= 0.6 is 69.6 Å². The van der Waals surface area contributed by atoms with Crippen LogP contribution in [0.25, 0.3) is 10.9 Å². The van der Waals surface area contributed by atoms with Gasteiger partial charge in [-0.25, -0.2) is 12.8 Å². The van der Waals surface area contributed by atoms with Gasteiger partial charge in [-0.05, 0) is 92.9 Å². The second-order valence-electron chi connectivity index (χ2n) is 21.0. The van der Waals surface area contributed by atoms with Crippen molar-refractivity contribution in [1.82, 2.24) is 45.4 Å². The number of methoxy groups -OCH3 is 3. The number of nitrogens with two attached hydrogens (primary N) is 1. The van der Waals surface area contributed by atoms with Gasteiger partial charge in [0, 0.05) is 51.2 Å². The Labute approximate surface area is 544 Å². The van der Waals surface area contributed by atoms with Crippen molar-refractivity contribution >= 4 is 119 Å². The van der Waals surface area contributed by atoms with Gasteiger partial charge < -0.3 is 54.4 Å². The van der Waals surface area contributed by atoms with Crippen molar-refractivity contribution in [3.63, 3.8) is 0 Å². The maximum Gasteiger partial charge on any atom is 0.213 e. The number of rotatable bonds is 15. The number of fused-ring (bicyclic) bond motifs is 1. The average molecular weight is 1360 g/mol. The first-order chi connectivity index (χ1) is 42.5.